The third-order valence-corrected chi connectivity index (χ3v) is 4.52. The normalized spacial score (nSPS) is 18.6. The summed E-state index contributed by atoms with van der Waals surface area (Å²) in [7, 11) is 1.43. The number of azide groups is 1. The van der Waals surface area contributed by atoms with Crippen LogP contribution in [0.3, 0.4) is 0 Å². The van der Waals surface area contributed by atoms with Crippen LogP contribution in [0.15, 0.2) is 35.5 Å². The Hall–Kier alpha value is -2.61. The van der Waals surface area contributed by atoms with Crippen molar-refractivity contribution in [3.05, 3.63) is 51.9 Å². The fourth-order valence-electron chi connectivity index (χ4n) is 3.18. The molecule has 1 amide bonds. The second-order valence-electron chi connectivity index (χ2n) is 7.75. The van der Waals surface area contributed by atoms with E-state index in [2.05, 4.69) is 10.0 Å². The Morgan fingerprint density at radius 1 is 1.41 bits per heavy atom. The van der Waals surface area contributed by atoms with E-state index in [0.717, 1.165) is 11.1 Å². The van der Waals surface area contributed by atoms with Crippen LogP contribution in [0.5, 0.6) is 0 Å². The number of halogens is 1. The molecular weight excluding hydrogens is 379 g/mol. The zero-order valence-electron chi connectivity index (χ0n) is 17.1. The van der Waals surface area contributed by atoms with E-state index in [-0.39, 0.29) is 6.61 Å². The number of amides is 1. The third-order valence-electron chi connectivity index (χ3n) is 4.52. The van der Waals surface area contributed by atoms with Gasteiger partial charge in [0.25, 0.3) is 0 Å². The van der Waals surface area contributed by atoms with Crippen molar-refractivity contribution in [1.29, 1.82) is 0 Å². The number of carbonyl (C=O) groups is 1. The maximum absolute atomic E-state index is 13.2. The van der Waals surface area contributed by atoms with Gasteiger partial charge in [-0.1, -0.05) is 35.5 Å². The molecule has 0 aromatic heterocycles. The van der Waals surface area contributed by atoms with Gasteiger partial charge in [-0.25, -0.2) is 4.79 Å². The van der Waals surface area contributed by atoms with Gasteiger partial charge in [-0.3, -0.25) is 9.29 Å². The zero-order valence-corrected chi connectivity index (χ0v) is 17.1. The van der Waals surface area contributed by atoms with Crippen LogP contribution in [0.2, 0.25) is 0 Å². The number of aliphatic hydroxyl groups excluding tert-OH is 1. The Morgan fingerprint density at radius 3 is 2.55 bits per heavy atom. The summed E-state index contributed by atoms with van der Waals surface area (Å²) < 4.78 is 23.9. The number of benzene rings is 1. The molecule has 0 saturated carbocycles. The van der Waals surface area contributed by atoms with Crippen LogP contribution in [-0.2, 0) is 9.47 Å². The molecular formula is C20H27FN4O4. The third kappa shape index (κ3) is 5.69. The molecule has 1 heterocycles. The molecule has 8 nitrogen and oxygen atoms in total. The van der Waals surface area contributed by atoms with E-state index in [4.69, 9.17) is 15.0 Å². The van der Waals surface area contributed by atoms with Crippen molar-refractivity contribution in [1.82, 2.24) is 4.90 Å². The van der Waals surface area contributed by atoms with Gasteiger partial charge in [0, 0.05) is 12.0 Å². The highest BCUT2D eigenvalue weighted by Crippen LogP contribution is 2.29. The molecule has 1 aromatic rings. The SMILES string of the molecule is CO[C@H](c1ccc(C2=C[C@H](CO)N(C(=O)OC(C)(C)C)C2)cc1)[C@@H](CF)N=[N+]=[N-]. The molecule has 3 atom stereocenters. The average molecular weight is 406 g/mol. The smallest absolute Gasteiger partial charge is 0.411 e. The summed E-state index contributed by atoms with van der Waals surface area (Å²) in [4.78, 5) is 16.6. The Balaban J connectivity index is 2.19. The first kappa shape index (κ1) is 22.7. The fraction of sp³-hybridized carbons (Fsp3) is 0.550. The minimum absolute atomic E-state index is 0.211. The maximum Gasteiger partial charge on any atom is 0.411 e. The van der Waals surface area contributed by atoms with Crippen molar-refractivity contribution >= 4 is 11.7 Å². The van der Waals surface area contributed by atoms with E-state index < -0.39 is 36.6 Å². The van der Waals surface area contributed by atoms with Gasteiger partial charge in [0.1, 0.15) is 12.3 Å². The standard InChI is InChI=1S/C20H27FN4O4/c1-20(2,3)29-19(27)25-11-15(9-16(25)12-26)13-5-7-14(8-6-13)18(28-4)17(10-21)23-24-22/h5-9,16-18,26H,10-12H2,1-4H3/t16-,17-,18-/m1/s1. The molecule has 2 rings (SSSR count). The molecule has 0 bridgehead atoms. The molecule has 1 aliphatic rings. The van der Waals surface area contributed by atoms with Gasteiger partial charge in [0.05, 0.1) is 31.3 Å². The van der Waals surface area contributed by atoms with Crippen LogP contribution in [0.1, 0.15) is 38.0 Å². The van der Waals surface area contributed by atoms with Crippen LogP contribution >= 0.6 is 0 Å². The highest BCUT2D eigenvalue weighted by atomic mass is 19.1. The Bertz CT molecular complexity index is 785. The van der Waals surface area contributed by atoms with Gasteiger partial charge in [0.2, 0.25) is 0 Å². The number of ether oxygens (including phenoxy) is 2. The monoisotopic (exact) mass is 406 g/mol. The Kier molecular flexibility index (Phi) is 7.61. The van der Waals surface area contributed by atoms with E-state index in [1.165, 1.54) is 12.0 Å². The minimum Gasteiger partial charge on any atom is -0.444 e. The number of aliphatic hydroxyl groups is 1. The van der Waals surface area contributed by atoms with Gasteiger partial charge in [-0.2, -0.15) is 0 Å². The number of alkyl halides is 1. The summed E-state index contributed by atoms with van der Waals surface area (Å²) in [6.07, 6.45) is 0.641. The lowest BCUT2D eigenvalue weighted by Gasteiger charge is -2.27. The highest BCUT2D eigenvalue weighted by molar-refractivity contribution is 5.78. The molecule has 0 fully saturated rings. The number of nitrogens with zero attached hydrogens (tertiary/aromatic N) is 4. The van der Waals surface area contributed by atoms with E-state index in [1.54, 1.807) is 32.9 Å². The van der Waals surface area contributed by atoms with Crippen LogP contribution in [0, 0.1) is 0 Å². The molecule has 0 unspecified atom stereocenters. The molecule has 1 aliphatic heterocycles. The van der Waals surface area contributed by atoms with Crippen LogP contribution in [-0.4, -0.2) is 60.7 Å². The molecule has 0 saturated heterocycles. The number of carbonyl (C=O) groups excluding carboxylic acids is 1. The highest BCUT2D eigenvalue weighted by Gasteiger charge is 2.32. The Labute approximate surface area is 169 Å². The quantitative estimate of drug-likeness (QED) is 0.419. The molecule has 158 valence electrons. The van der Waals surface area contributed by atoms with Crippen molar-refractivity contribution < 1.29 is 23.8 Å². The number of hydrogen-bond donors (Lipinski definition) is 1. The zero-order chi connectivity index (χ0) is 21.6. The lowest BCUT2D eigenvalue weighted by Crippen LogP contribution is -2.41. The lowest BCUT2D eigenvalue weighted by atomic mass is 9.99. The first-order chi connectivity index (χ1) is 13.7. The summed E-state index contributed by atoms with van der Waals surface area (Å²) in [6.45, 7) is 4.62. The van der Waals surface area contributed by atoms with Gasteiger partial charge in [0.15, 0.2) is 0 Å². The number of methoxy groups -OCH3 is 1. The van der Waals surface area contributed by atoms with Crippen LogP contribution in [0.4, 0.5) is 9.18 Å². The lowest BCUT2D eigenvalue weighted by molar-refractivity contribution is 0.0200. The average Bonchev–Trinajstić information content (AvgIpc) is 3.11. The van der Waals surface area contributed by atoms with E-state index in [1.807, 2.05) is 18.2 Å². The predicted molar refractivity (Wildman–Crippen MR) is 107 cm³/mol. The molecule has 1 N–H and O–H groups in total. The minimum atomic E-state index is -0.956. The summed E-state index contributed by atoms with van der Waals surface area (Å²) in [5.41, 5.74) is 10.4. The Morgan fingerprint density at radius 2 is 2.07 bits per heavy atom. The van der Waals surface area contributed by atoms with E-state index in [9.17, 15) is 14.3 Å². The van der Waals surface area contributed by atoms with Gasteiger partial charge >= 0.3 is 6.09 Å². The van der Waals surface area contributed by atoms with E-state index in [0.29, 0.717) is 12.1 Å². The molecule has 9 heteroatoms. The fourth-order valence-corrected chi connectivity index (χ4v) is 3.18. The summed E-state index contributed by atoms with van der Waals surface area (Å²) in [6, 6.07) is 5.76. The van der Waals surface area contributed by atoms with Crippen LogP contribution < -0.4 is 0 Å². The summed E-state index contributed by atoms with van der Waals surface area (Å²) in [5.74, 6) is 0. The topological polar surface area (TPSA) is 108 Å². The van der Waals surface area contributed by atoms with Gasteiger partial charge < -0.3 is 14.6 Å². The van der Waals surface area contributed by atoms with Crippen molar-refractivity contribution in [3.63, 3.8) is 0 Å². The first-order valence-corrected chi connectivity index (χ1v) is 9.28. The molecule has 0 aliphatic carbocycles. The summed E-state index contributed by atoms with van der Waals surface area (Å²) in [5, 5.41) is 13.1. The first-order valence-electron chi connectivity index (χ1n) is 9.28. The predicted octanol–water partition coefficient (Wildman–Crippen LogP) is 4.02. The molecule has 0 spiro atoms. The van der Waals surface area contributed by atoms with Crippen LogP contribution in [0.25, 0.3) is 16.0 Å². The maximum atomic E-state index is 13.2. The van der Waals surface area contributed by atoms with E-state index >= 15 is 0 Å². The summed E-state index contributed by atoms with van der Waals surface area (Å²) >= 11 is 0. The van der Waals surface area contributed by atoms with Crippen molar-refractivity contribution in [2.75, 3.05) is 26.9 Å². The van der Waals surface area contributed by atoms with Crippen molar-refractivity contribution in [2.45, 2.75) is 44.6 Å². The van der Waals surface area contributed by atoms with Gasteiger partial charge in [-0.05, 0) is 43.0 Å². The van der Waals surface area contributed by atoms with Gasteiger partial charge in [-0.15, -0.1) is 0 Å². The molecule has 0 radical (unpaired) electrons. The molecule has 1 aromatic carbocycles. The number of rotatable bonds is 7. The largest absolute Gasteiger partial charge is 0.444 e. The second-order valence-corrected chi connectivity index (χ2v) is 7.75. The number of hydrogen-bond acceptors (Lipinski definition) is 5. The van der Waals surface area contributed by atoms with Crippen molar-refractivity contribution in [3.8, 4) is 0 Å². The second kappa shape index (κ2) is 9.73. The van der Waals surface area contributed by atoms with Crippen molar-refractivity contribution in [2.24, 2.45) is 5.11 Å². The molecule has 29 heavy (non-hydrogen) atoms.